The minimum atomic E-state index is -1.05. The van der Waals surface area contributed by atoms with Crippen molar-refractivity contribution in [1.82, 2.24) is 5.16 Å². The van der Waals surface area contributed by atoms with Gasteiger partial charge in [-0.15, -0.1) is 0 Å². The van der Waals surface area contributed by atoms with Crippen LogP contribution in [0.4, 0.5) is 10.2 Å². The Morgan fingerprint density at radius 3 is 2.34 bits per heavy atom. The normalized spacial score (nSPS) is 17.6. The molecule has 32 heavy (non-hydrogen) atoms. The topological polar surface area (TPSA) is 102 Å². The van der Waals surface area contributed by atoms with Crippen LogP contribution in [0.5, 0.6) is 11.5 Å². The van der Waals surface area contributed by atoms with Gasteiger partial charge in [0.1, 0.15) is 17.3 Å². The van der Waals surface area contributed by atoms with E-state index in [9.17, 15) is 19.1 Å². The summed E-state index contributed by atoms with van der Waals surface area (Å²) in [5, 5.41) is 15.0. The number of aryl methyl sites for hydroxylation is 1. The molecule has 1 atom stereocenters. The number of ether oxygens (including phenoxy) is 2. The second-order valence-corrected chi connectivity index (χ2v) is 7.09. The lowest BCUT2D eigenvalue weighted by Crippen LogP contribution is -2.29. The van der Waals surface area contributed by atoms with Gasteiger partial charge in [-0.3, -0.25) is 14.5 Å². The standard InChI is InChI=1S/C23H19FN2O6/c1-12-10-18(25-32-12)26-20(13-4-7-15(24)8-5-13)19(22(28)23(26)29)21(27)14-6-9-16(30-2)17(11-14)31-3/h4-11,20,27H,1-3H3/t20-/m1/s1. The van der Waals surface area contributed by atoms with Gasteiger partial charge in [0.15, 0.2) is 17.3 Å². The fourth-order valence-corrected chi connectivity index (χ4v) is 3.64. The van der Waals surface area contributed by atoms with Crippen molar-refractivity contribution < 1.29 is 33.1 Å². The van der Waals surface area contributed by atoms with Gasteiger partial charge in [0.05, 0.1) is 25.8 Å². The summed E-state index contributed by atoms with van der Waals surface area (Å²) >= 11 is 0. The first kappa shape index (κ1) is 21.1. The van der Waals surface area contributed by atoms with E-state index >= 15 is 0 Å². The molecule has 1 saturated heterocycles. The zero-order valence-electron chi connectivity index (χ0n) is 17.5. The summed E-state index contributed by atoms with van der Waals surface area (Å²) in [5.74, 6) is -1.41. The molecule has 1 N–H and O–H groups in total. The molecular weight excluding hydrogens is 419 g/mol. The molecule has 3 aromatic rings. The van der Waals surface area contributed by atoms with E-state index in [0.29, 0.717) is 22.8 Å². The number of rotatable bonds is 5. The maximum atomic E-state index is 13.6. The Kier molecular flexibility index (Phi) is 5.40. The molecule has 1 aliphatic heterocycles. The number of aliphatic hydroxyl groups is 1. The number of nitrogens with zero attached hydrogens (tertiary/aromatic N) is 2. The van der Waals surface area contributed by atoms with Crippen LogP contribution in [-0.4, -0.2) is 36.2 Å². The van der Waals surface area contributed by atoms with E-state index in [0.717, 1.165) is 4.90 Å². The SMILES string of the molecule is COc1ccc(C(O)=C2C(=O)C(=O)N(c3cc(C)on3)[C@@H]2c2ccc(F)cc2)cc1OC. The maximum Gasteiger partial charge on any atom is 0.301 e. The van der Waals surface area contributed by atoms with Crippen LogP contribution in [0.1, 0.15) is 22.9 Å². The monoisotopic (exact) mass is 438 g/mol. The first-order chi connectivity index (χ1) is 15.3. The third-order valence-electron chi connectivity index (χ3n) is 5.15. The molecule has 8 nitrogen and oxygen atoms in total. The summed E-state index contributed by atoms with van der Waals surface area (Å²) in [5.41, 5.74) is 0.479. The minimum absolute atomic E-state index is 0.102. The number of aromatic nitrogens is 1. The maximum absolute atomic E-state index is 13.6. The lowest BCUT2D eigenvalue weighted by molar-refractivity contribution is -0.132. The van der Waals surface area contributed by atoms with E-state index in [1.807, 2.05) is 0 Å². The Bertz CT molecular complexity index is 1230. The Labute approximate surface area is 182 Å². The summed E-state index contributed by atoms with van der Waals surface area (Å²) in [6.45, 7) is 1.64. The molecule has 9 heteroatoms. The number of aliphatic hydroxyl groups excluding tert-OH is 1. The summed E-state index contributed by atoms with van der Waals surface area (Å²) in [6.07, 6.45) is 0. The first-order valence-corrected chi connectivity index (χ1v) is 9.58. The number of Topliss-reactive ketones (excluding diaryl/α,β-unsaturated/α-hetero) is 1. The van der Waals surface area contributed by atoms with Gasteiger partial charge in [0.2, 0.25) is 0 Å². The quantitative estimate of drug-likeness (QED) is 0.368. The average Bonchev–Trinajstić information content (AvgIpc) is 3.34. The van der Waals surface area contributed by atoms with E-state index in [1.165, 1.54) is 56.7 Å². The van der Waals surface area contributed by atoms with Crippen molar-refractivity contribution in [2.75, 3.05) is 19.1 Å². The Morgan fingerprint density at radius 2 is 1.75 bits per heavy atom. The zero-order chi connectivity index (χ0) is 23.0. The molecule has 0 saturated carbocycles. The third kappa shape index (κ3) is 3.47. The van der Waals surface area contributed by atoms with Gasteiger partial charge in [-0.05, 0) is 42.8 Å². The molecule has 1 aliphatic rings. The number of anilines is 1. The van der Waals surface area contributed by atoms with Crippen LogP contribution in [0.15, 0.2) is 58.6 Å². The van der Waals surface area contributed by atoms with Crippen molar-refractivity contribution in [2.45, 2.75) is 13.0 Å². The smallest absolute Gasteiger partial charge is 0.301 e. The zero-order valence-corrected chi connectivity index (χ0v) is 17.5. The molecular formula is C23H19FN2O6. The Hall–Kier alpha value is -4.14. The second kappa shape index (κ2) is 8.18. The fraction of sp³-hybridized carbons (Fsp3) is 0.174. The number of hydrogen-bond acceptors (Lipinski definition) is 7. The molecule has 1 fully saturated rings. The number of benzene rings is 2. The van der Waals surface area contributed by atoms with Crippen molar-refractivity contribution in [3.05, 3.63) is 76.8 Å². The molecule has 164 valence electrons. The number of methoxy groups -OCH3 is 2. The highest BCUT2D eigenvalue weighted by molar-refractivity contribution is 6.51. The molecule has 4 rings (SSSR count). The molecule has 0 bridgehead atoms. The van der Waals surface area contributed by atoms with Crippen LogP contribution in [0, 0.1) is 12.7 Å². The van der Waals surface area contributed by atoms with Crippen LogP contribution < -0.4 is 14.4 Å². The Balaban J connectivity index is 1.93. The van der Waals surface area contributed by atoms with Crippen molar-refractivity contribution in [3.63, 3.8) is 0 Å². The number of hydrogen-bond donors (Lipinski definition) is 1. The fourth-order valence-electron chi connectivity index (χ4n) is 3.64. The van der Waals surface area contributed by atoms with E-state index < -0.39 is 29.3 Å². The van der Waals surface area contributed by atoms with E-state index in [2.05, 4.69) is 5.16 Å². The molecule has 2 heterocycles. The predicted octanol–water partition coefficient (Wildman–Crippen LogP) is 3.77. The van der Waals surface area contributed by atoms with Gasteiger partial charge in [-0.1, -0.05) is 17.3 Å². The number of carbonyl (C=O) groups excluding carboxylic acids is 2. The average molecular weight is 438 g/mol. The molecule has 0 aliphatic carbocycles. The molecule has 0 unspecified atom stereocenters. The summed E-state index contributed by atoms with van der Waals surface area (Å²) in [6, 6.07) is 10.3. The van der Waals surface area contributed by atoms with Crippen molar-refractivity contribution in [2.24, 2.45) is 0 Å². The van der Waals surface area contributed by atoms with Crippen LogP contribution in [0.25, 0.3) is 5.76 Å². The number of carbonyl (C=O) groups is 2. The number of halogens is 1. The van der Waals surface area contributed by atoms with Crippen molar-refractivity contribution in [3.8, 4) is 11.5 Å². The van der Waals surface area contributed by atoms with Crippen molar-refractivity contribution in [1.29, 1.82) is 0 Å². The van der Waals surface area contributed by atoms with Gasteiger partial charge in [-0.25, -0.2) is 4.39 Å². The highest BCUT2D eigenvalue weighted by Crippen LogP contribution is 2.42. The molecule has 1 amide bonds. The van der Waals surface area contributed by atoms with E-state index in [-0.39, 0.29) is 17.0 Å². The second-order valence-electron chi connectivity index (χ2n) is 7.09. The third-order valence-corrected chi connectivity index (χ3v) is 5.15. The summed E-state index contributed by atoms with van der Waals surface area (Å²) < 4.78 is 29.1. The Morgan fingerprint density at radius 1 is 1.06 bits per heavy atom. The molecule has 1 aromatic heterocycles. The molecule has 0 spiro atoms. The van der Waals surface area contributed by atoms with Crippen molar-refractivity contribution >= 4 is 23.3 Å². The van der Waals surface area contributed by atoms with Crippen LogP contribution >= 0.6 is 0 Å². The predicted molar refractivity (Wildman–Crippen MR) is 112 cm³/mol. The largest absolute Gasteiger partial charge is 0.507 e. The minimum Gasteiger partial charge on any atom is -0.507 e. The summed E-state index contributed by atoms with van der Waals surface area (Å²) in [7, 11) is 2.91. The number of amides is 1. The van der Waals surface area contributed by atoms with E-state index in [1.54, 1.807) is 13.0 Å². The highest BCUT2D eigenvalue weighted by atomic mass is 19.1. The van der Waals surface area contributed by atoms with Gasteiger partial charge in [-0.2, -0.15) is 0 Å². The molecule has 0 radical (unpaired) electrons. The van der Waals surface area contributed by atoms with Gasteiger partial charge >= 0.3 is 5.91 Å². The van der Waals surface area contributed by atoms with Gasteiger partial charge in [0, 0.05) is 11.6 Å². The van der Waals surface area contributed by atoms with Gasteiger partial charge < -0.3 is 19.1 Å². The van der Waals surface area contributed by atoms with Gasteiger partial charge in [0.25, 0.3) is 5.78 Å². The van der Waals surface area contributed by atoms with Crippen LogP contribution in [0.2, 0.25) is 0 Å². The highest BCUT2D eigenvalue weighted by Gasteiger charge is 2.48. The van der Waals surface area contributed by atoms with Crippen LogP contribution in [-0.2, 0) is 9.59 Å². The first-order valence-electron chi connectivity index (χ1n) is 9.58. The molecule has 2 aromatic carbocycles. The lowest BCUT2D eigenvalue weighted by Gasteiger charge is -2.22. The summed E-state index contributed by atoms with van der Waals surface area (Å²) in [4.78, 5) is 27.1. The van der Waals surface area contributed by atoms with E-state index in [4.69, 9.17) is 14.0 Å². The lowest BCUT2D eigenvalue weighted by atomic mass is 9.95. The van der Waals surface area contributed by atoms with Crippen LogP contribution in [0.3, 0.4) is 0 Å². The number of ketones is 1.